The molecule has 0 saturated heterocycles. The van der Waals surface area contributed by atoms with Crippen LogP contribution in [0.2, 0.25) is 0 Å². The molecule has 0 fully saturated rings. The summed E-state index contributed by atoms with van der Waals surface area (Å²) in [5.74, 6) is -0.511. The number of rotatable bonds is 5. The molecule has 0 aliphatic heterocycles. The van der Waals surface area contributed by atoms with E-state index in [1.54, 1.807) is 12.1 Å². The van der Waals surface area contributed by atoms with Gasteiger partial charge in [0, 0.05) is 23.7 Å². The molecule has 1 aromatic carbocycles. The summed E-state index contributed by atoms with van der Waals surface area (Å²) >= 11 is 5.25. The van der Waals surface area contributed by atoms with E-state index < -0.39 is 10.9 Å². The minimum atomic E-state index is -0.511. The number of carbonyl (C=O) groups is 1. The van der Waals surface area contributed by atoms with Crippen LogP contribution in [0.15, 0.2) is 42.0 Å². The lowest BCUT2D eigenvalue weighted by Gasteiger charge is -1.96. The third-order valence-electron chi connectivity index (χ3n) is 1.93. The Morgan fingerprint density at radius 2 is 2.06 bits per heavy atom. The van der Waals surface area contributed by atoms with Crippen LogP contribution in [-0.4, -0.2) is 17.5 Å². The standard InChI is InChI=1S/C12H10ClNO4/c13-8-1-9-18-12(15)7-4-10-2-5-11(6-3-10)14(16)17/h1-8H,9H2/b7-4+,8-1+. The molecule has 1 aromatic rings. The van der Waals surface area contributed by atoms with Crippen molar-refractivity contribution in [2.45, 2.75) is 0 Å². The van der Waals surface area contributed by atoms with E-state index in [9.17, 15) is 14.9 Å². The van der Waals surface area contributed by atoms with Gasteiger partial charge < -0.3 is 4.74 Å². The van der Waals surface area contributed by atoms with Crippen LogP contribution in [-0.2, 0) is 9.53 Å². The highest BCUT2D eigenvalue weighted by atomic mass is 35.5. The van der Waals surface area contributed by atoms with Crippen LogP contribution in [0, 0.1) is 10.1 Å². The second kappa shape index (κ2) is 7.24. The molecule has 0 spiro atoms. The highest BCUT2D eigenvalue weighted by molar-refractivity contribution is 6.25. The van der Waals surface area contributed by atoms with Crippen LogP contribution in [0.3, 0.4) is 0 Å². The Kier molecular flexibility index (Phi) is 5.60. The maximum atomic E-state index is 11.2. The fraction of sp³-hybridized carbons (Fsp3) is 0.0833. The van der Waals surface area contributed by atoms with Crippen molar-refractivity contribution in [2.75, 3.05) is 6.61 Å². The second-order valence-electron chi connectivity index (χ2n) is 3.17. The number of non-ortho nitro benzene ring substituents is 1. The normalized spacial score (nSPS) is 10.9. The summed E-state index contributed by atoms with van der Waals surface area (Å²) in [6, 6.07) is 5.81. The maximum absolute atomic E-state index is 11.2. The molecule has 5 nitrogen and oxygen atoms in total. The minimum Gasteiger partial charge on any atom is -0.458 e. The van der Waals surface area contributed by atoms with Gasteiger partial charge in [0.25, 0.3) is 5.69 Å². The molecule has 0 aromatic heterocycles. The zero-order valence-corrected chi connectivity index (χ0v) is 10.0. The lowest BCUT2D eigenvalue weighted by Crippen LogP contribution is -1.99. The van der Waals surface area contributed by atoms with Crippen molar-refractivity contribution in [2.24, 2.45) is 0 Å². The number of carbonyl (C=O) groups excluding carboxylic acids is 1. The summed E-state index contributed by atoms with van der Waals surface area (Å²) in [5, 5.41) is 10.4. The van der Waals surface area contributed by atoms with E-state index in [1.807, 2.05) is 0 Å². The fourth-order valence-electron chi connectivity index (χ4n) is 1.09. The largest absolute Gasteiger partial charge is 0.458 e. The SMILES string of the molecule is O=C(/C=C/c1ccc([N+](=O)[O-])cc1)OC/C=C/Cl. The molecule has 6 heteroatoms. The molecule has 18 heavy (non-hydrogen) atoms. The molecular weight excluding hydrogens is 258 g/mol. The number of hydrogen-bond donors (Lipinski definition) is 0. The first kappa shape index (κ1) is 13.9. The molecular formula is C12H10ClNO4. The Bertz CT molecular complexity index is 479. The smallest absolute Gasteiger partial charge is 0.331 e. The zero-order valence-electron chi connectivity index (χ0n) is 9.28. The van der Waals surface area contributed by atoms with Gasteiger partial charge >= 0.3 is 5.97 Å². The fourth-order valence-corrected chi connectivity index (χ4v) is 1.16. The Morgan fingerprint density at radius 1 is 1.39 bits per heavy atom. The van der Waals surface area contributed by atoms with E-state index in [-0.39, 0.29) is 12.3 Å². The first-order chi connectivity index (χ1) is 8.63. The average molecular weight is 268 g/mol. The molecule has 94 valence electrons. The first-order valence-electron chi connectivity index (χ1n) is 4.98. The van der Waals surface area contributed by atoms with E-state index in [1.165, 1.54) is 35.9 Å². The molecule has 0 atom stereocenters. The van der Waals surface area contributed by atoms with Crippen molar-refractivity contribution in [1.29, 1.82) is 0 Å². The van der Waals surface area contributed by atoms with Crippen molar-refractivity contribution < 1.29 is 14.5 Å². The molecule has 0 aliphatic carbocycles. The molecule has 1 rings (SSSR count). The van der Waals surface area contributed by atoms with Gasteiger partial charge in [0.2, 0.25) is 0 Å². The number of esters is 1. The maximum Gasteiger partial charge on any atom is 0.331 e. The van der Waals surface area contributed by atoms with Gasteiger partial charge in [-0.25, -0.2) is 4.79 Å². The molecule has 0 aliphatic rings. The van der Waals surface area contributed by atoms with E-state index in [4.69, 9.17) is 16.3 Å². The Balaban J connectivity index is 2.56. The van der Waals surface area contributed by atoms with Crippen molar-refractivity contribution in [3.63, 3.8) is 0 Å². The highest BCUT2D eigenvalue weighted by Gasteiger charge is 2.02. The summed E-state index contributed by atoms with van der Waals surface area (Å²) in [5.41, 5.74) is 1.93. The minimum absolute atomic E-state index is 0.00183. The number of halogens is 1. The van der Waals surface area contributed by atoms with Gasteiger partial charge in [-0.3, -0.25) is 10.1 Å². The zero-order chi connectivity index (χ0) is 13.4. The Hall–Kier alpha value is -2.14. The predicted octanol–water partition coefficient (Wildman–Crippen LogP) is 2.90. The van der Waals surface area contributed by atoms with Crippen LogP contribution in [0.25, 0.3) is 6.08 Å². The van der Waals surface area contributed by atoms with Crippen molar-refractivity contribution in [1.82, 2.24) is 0 Å². The number of nitro groups is 1. The molecule has 0 unspecified atom stereocenters. The lowest BCUT2D eigenvalue weighted by molar-refractivity contribution is -0.384. The van der Waals surface area contributed by atoms with E-state index >= 15 is 0 Å². The van der Waals surface area contributed by atoms with Crippen LogP contribution < -0.4 is 0 Å². The van der Waals surface area contributed by atoms with Gasteiger partial charge in [0.05, 0.1) is 4.92 Å². The topological polar surface area (TPSA) is 69.4 Å². The Morgan fingerprint density at radius 3 is 2.61 bits per heavy atom. The van der Waals surface area contributed by atoms with E-state index in [0.29, 0.717) is 5.56 Å². The molecule has 0 amide bonds. The van der Waals surface area contributed by atoms with Gasteiger partial charge in [-0.05, 0) is 29.8 Å². The molecule has 0 saturated carbocycles. The van der Waals surface area contributed by atoms with Gasteiger partial charge in [0.1, 0.15) is 6.61 Å². The van der Waals surface area contributed by atoms with Crippen LogP contribution >= 0.6 is 11.6 Å². The van der Waals surface area contributed by atoms with Gasteiger partial charge in [-0.1, -0.05) is 11.6 Å². The third kappa shape index (κ3) is 4.80. The van der Waals surface area contributed by atoms with Gasteiger partial charge in [-0.2, -0.15) is 0 Å². The summed E-state index contributed by atoms with van der Waals surface area (Å²) in [6.45, 7) is 0.104. The van der Waals surface area contributed by atoms with Crippen LogP contribution in [0.4, 0.5) is 5.69 Å². The molecule has 0 radical (unpaired) electrons. The third-order valence-corrected chi connectivity index (χ3v) is 2.10. The monoisotopic (exact) mass is 267 g/mol. The predicted molar refractivity (Wildman–Crippen MR) is 68.1 cm³/mol. The van der Waals surface area contributed by atoms with Gasteiger partial charge in [0.15, 0.2) is 0 Å². The van der Waals surface area contributed by atoms with E-state index in [0.717, 1.165) is 0 Å². The molecule has 0 N–H and O–H groups in total. The van der Waals surface area contributed by atoms with Crippen molar-refractivity contribution in [3.05, 3.63) is 57.6 Å². The average Bonchev–Trinajstić information content (AvgIpc) is 2.37. The molecule has 0 heterocycles. The van der Waals surface area contributed by atoms with Crippen molar-refractivity contribution in [3.8, 4) is 0 Å². The summed E-state index contributed by atoms with van der Waals surface area (Å²) in [4.78, 5) is 21.1. The number of ether oxygens (including phenoxy) is 1. The van der Waals surface area contributed by atoms with Crippen LogP contribution in [0.5, 0.6) is 0 Å². The molecule has 0 bridgehead atoms. The lowest BCUT2D eigenvalue weighted by atomic mass is 10.2. The summed E-state index contributed by atoms with van der Waals surface area (Å²) in [7, 11) is 0. The number of nitrogens with zero attached hydrogens (tertiary/aromatic N) is 1. The Labute approximate surface area is 108 Å². The number of benzene rings is 1. The van der Waals surface area contributed by atoms with Gasteiger partial charge in [-0.15, -0.1) is 0 Å². The second-order valence-corrected chi connectivity index (χ2v) is 3.43. The quantitative estimate of drug-likeness (QED) is 0.356. The summed E-state index contributed by atoms with van der Waals surface area (Å²) in [6.07, 6.45) is 4.23. The summed E-state index contributed by atoms with van der Waals surface area (Å²) < 4.78 is 4.76. The van der Waals surface area contributed by atoms with E-state index in [2.05, 4.69) is 0 Å². The highest BCUT2D eigenvalue weighted by Crippen LogP contribution is 2.12. The number of hydrogen-bond acceptors (Lipinski definition) is 4. The van der Waals surface area contributed by atoms with Crippen LogP contribution in [0.1, 0.15) is 5.56 Å². The first-order valence-corrected chi connectivity index (χ1v) is 5.41. The van der Waals surface area contributed by atoms with Crippen molar-refractivity contribution >= 4 is 29.3 Å². The number of nitro benzene ring substituents is 1.